The molecule has 2 saturated heterocycles. The molecule has 2 aromatic rings. The first-order valence-electron chi connectivity index (χ1n) is 8.49. The van der Waals surface area contributed by atoms with Crippen LogP contribution < -0.4 is 4.90 Å². The van der Waals surface area contributed by atoms with E-state index in [1.165, 1.54) is 11.8 Å². The first-order valence-corrected chi connectivity index (χ1v) is 11.6. The van der Waals surface area contributed by atoms with E-state index in [1.54, 1.807) is 24.3 Å². The van der Waals surface area contributed by atoms with E-state index < -0.39 is 9.84 Å². The fourth-order valence-electron chi connectivity index (χ4n) is 3.38. The van der Waals surface area contributed by atoms with E-state index in [-0.39, 0.29) is 35.1 Å². The van der Waals surface area contributed by atoms with E-state index in [0.717, 1.165) is 11.3 Å². The number of hydrogen-bond donors (Lipinski definition) is 0. The average molecular weight is 421 g/mol. The number of benzene rings is 2. The van der Waals surface area contributed by atoms with E-state index in [0.29, 0.717) is 10.2 Å². The van der Waals surface area contributed by atoms with Crippen molar-refractivity contribution in [2.75, 3.05) is 16.4 Å². The molecule has 2 heterocycles. The number of anilines is 1. The number of carbonyl (C=O) groups excluding carboxylic acids is 1. The molecule has 4 rings (SSSR count). The SMILES string of the molecule is O=C(Cc1ccc(Cl)cc1)N=C1SC2CS(=O)(=O)CC2N1c1ccccc1. The van der Waals surface area contributed by atoms with Gasteiger partial charge in [-0.05, 0) is 29.8 Å². The number of sulfone groups is 1. The Morgan fingerprint density at radius 3 is 2.52 bits per heavy atom. The summed E-state index contributed by atoms with van der Waals surface area (Å²) in [5.41, 5.74) is 1.69. The molecule has 2 unspecified atom stereocenters. The largest absolute Gasteiger partial charge is 0.316 e. The molecule has 0 N–H and O–H groups in total. The molecular weight excluding hydrogens is 404 g/mol. The Kier molecular flexibility index (Phi) is 5.01. The van der Waals surface area contributed by atoms with Crippen LogP contribution in [0.4, 0.5) is 5.69 Å². The smallest absolute Gasteiger partial charge is 0.252 e. The van der Waals surface area contributed by atoms with Crippen LogP contribution in [-0.2, 0) is 21.1 Å². The predicted molar refractivity (Wildman–Crippen MR) is 110 cm³/mol. The number of halogens is 1. The zero-order chi connectivity index (χ0) is 19.0. The first kappa shape index (κ1) is 18.5. The zero-order valence-corrected chi connectivity index (χ0v) is 16.7. The zero-order valence-electron chi connectivity index (χ0n) is 14.3. The van der Waals surface area contributed by atoms with Gasteiger partial charge in [0.05, 0.1) is 24.0 Å². The van der Waals surface area contributed by atoms with Crippen LogP contribution in [0, 0.1) is 0 Å². The van der Waals surface area contributed by atoms with Crippen molar-refractivity contribution < 1.29 is 13.2 Å². The molecule has 2 fully saturated rings. The van der Waals surface area contributed by atoms with Gasteiger partial charge in [0.2, 0.25) is 0 Å². The van der Waals surface area contributed by atoms with Crippen LogP contribution in [-0.4, -0.2) is 42.3 Å². The number of amides is 1. The third-order valence-electron chi connectivity index (χ3n) is 4.59. The molecule has 5 nitrogen and oxygen atoms in total. The number of hydrogen-bond acceptors (Lipinski definition) is 4. The van der Waals surface area contributed by atoms with Crippen LogP contribution in [0.25, 0.3) is 0 Å². The summed E-state index contributed by atoms with van der Waals surface area (Å²) in [4.78, 5) is 18.7. The molecule has 1 amide bonds. The van der Waals surface area contributed by atoms with Gasteiger partial charge < -0.3 is 4.90 Å². The Hall–Kier alpha value is -1.83. The van der Waals surface area contributed by atoms with Gasteiger partial charge in [0.25, 0.3) is 5.91 Å². The van der Waals surface area contributed by atoms with Crippen LogP contribution >= 0.6 is 23.4 Å². The molecule has 0 saturated carbocycles. The summed E-state index contributed by atoms with van der Waals surface area (Å²) in [5, 5.41) is 1.09. The van der Waals surface area contributed by atoms with Crippen LogP contribution in [0.15, 0.2) is 59.6 Å². The van der Waals surface area contributed by atoms with E-state index in [9.17, 15) is 13.2 Å². The minimum atomic E-state index is -3.07. The van der Waals surface area contributed by atoms with E-state index >= 15 is 0 Å². The summed E-state index contributed by atoms with van der Waals surface area (Å²) in [6.45, 7) is 0. The van der Waals surface area contributed by atoms with Gasteiger partial charge in [-0.2, -0.15) is 4.99 Å². The molecule has 2 atom stereocenters. The Bertz CT molecular complexity index is 991. The molecule has 27 heavy (non-hydrogen) atoms. The van der Waals surface area contributed by atoms with Crippen molar-refractivity contribution in [3.63, 3.8) is 0 Å². The number of thioether (sulfide) groups is 1. The molecular formula is C19H17ClN2O3S2. The minimum Gasteiger partial charge on any atom is -0.316 e. The number of rotatable bonds is 3. The van der Waals surface area contributed by atoms with Gasteiger partial charge in [-0.3, -0.25) is 4.79 Å². The quantitative estimate of drug-likeness (QED) is 0.762. The van der Waals surface area contributed by atoms with Gasteiger partial charge in [0, 0.05) is 16.0 Å². The summed E-state index contributed by atoms with van der Waals surface area (Å²) in [6.07, 6.45) is 0.178. The van der Waals surface area contributed by atoms with Crippen LogP contribution in [0.2, 0.25) is 5.02 Å². The Morgan fingerprint density at radius 2 is 1.81 bits per heavy atom. The van der Waals surface area contributed by atoms with Crippen LogP contribution in [0.3, 0.4) is 0 Å². The monoisotopic (exact) mass is 420 g/mol. The van der Waals surface area contributed by atoms with Crippen molar-refractivity contribution in [3.8, 4) is 0 Å². The molecule has 140 valence electrons. The number of fused-ring (bicyclic) bond motifs is 1. The molecule has 0 bridgehead atoms. The second-order valence-corrected chi connectivity index (χ2v) is 10.4. The third-order valence-corrected chi connectivity index (χ3v) is 8.05. The van der Waals surface area contributed by atoms with Gasteiger partial charge in [0.1, 0.15) is 0 Å². The highest BCUT2D eigenvalue weighted by Gasteiger charge is 2.49. The van der Waals surface area contributed by atoms with Crippen LogP contribution in [0.1, 0.15) is 5.56 Å². The molecule has 0 spiro atoms. The Morgan fingerprint density at radius 1 is 1.11 bits per heavy atom. The van der Waals surface area contributed by atoms with Crippen molar-refractivity contribution in [1.29, 1.82) is 0 Å². The second kappa shape index (κ2) is 7.30. The lowest BCUT2D eigenvalue weighted by atomic mass is 10.1. The van der Waals surface area contributed by atoms with E-state index in [2.05, 4.69) is 4.99 Å². The van der Waals surface area contributed by atoms with Gasteiger partial charge in [-0.25, -0.2) is 8.42 Å². The summed E-state index contributed by atoms with van der Waals surface area (Å²) in [5.74, 6) is -0.0522. The highest BCUT2D eigenvalue weighted by atomic mass is 35.5. The van der Waals surface area contributed by atoms with E-state index in [4.69, 9.17) is 11.6 Å². The minimum absolute atomic E-state index is 0.0873. The molecule has 2 aliphatic heterocycles. The van der Waals surface area contributed by atoms with Crippen molar-refractivity contribution in [2.24, 2.45) is 4.99 Å². The molecule has 2 aromatic carbocycles. The van der Waals surface area contributed by atoms with Crippen LogP contribution in [0.5, 0.6) is 0 Å². The normalized spacial score (nSPS) is 24.9. The van der Waals surface area contributed by atoms with Gasteiger partial charge >= 0.3 is 0 Å². The van der Waals surface area contributed by atoms with E-state index in [1.807, 2.05) is 35.2 Å². The fourth-order valence-corrected chi connectivity index (χ4v) is 7.44. The van der Waals surface area contributed by atoms with Gasteiger partial charge in [-0.15, -0.1) is 0 Å². The summed E-state index contributed by atoms with van der Waals surface area (Å²) >= 11 is 7.26. The maximum Gasteiger partial charge on any atom is 0.252 e. The lowest BCUT2D eigenvalue weighted by molar-refractivity contribution is -0.117. The second-order valence-electron chi connectivity index (χ2n) is 6.60. The molecule has 8 heteroatoms. The Balaban J connectivity index is 1.61. The van der Waals surface area contributed by atoms with Gasteiger partial charge in [-0.1, -0.05) is 53.7 Å². The van der Waals surface area contributed by atoms with Gasteiger partial charge in [0.15, 0.2) is 15.0 Å². The molecule has 0 aliphatic carbocycles. The number of aliphatic imine (C=N–C) groups is 1. The summed E-state index contributed by atoms with van der Waals surface area (Å²) in [7, 11) is -3.07. The fraction of sp³-hybridized carbons (Fsp3) is 0.263. The number of nitrogens with zero attached hydrogens (tertiary/aromatic N) is 2. The number of carbonyl (C=O) groups is 1. The lowest BCUT2D eigenvalue weighted by Gasteiger charge is -2.24. The Labute approximate surface area is 167 Å². The highest BCUT2D eigenvalue weighted by Crippen LogP contribution is 2.40. The number of para-hydroxylation sites is 1. The topological polar surface area (TPSA) is 66.8 Å². The first-order chi connectivity index (χ1) is 12.9. The molecule has 0 radical (unpaired) electrons. The highest BCUT2D eigenvalue weighted by molar-refractivity contribution is 8.16. The lowest BCUT2D eigenvalue weighted by Crippen LogP contribution is -2.37. The maximum absolute atomic E-state index is 12.5. The average Bonchev–Trinajstić information content (AvgIpc) is 3.08. The van der Waals surface area contributed by atoms with Crippen molar-refractivity contribution in [3.05, 3.63) is 65.2 Å². The number of amidine groups is 1. The molecule has 0 aromatic heterocycles. The maximum atomic E-state index is 12.5. The van der Waals surface area contributed by atoms with Crippen molar-refractivity contribution in [2.45, 2.75) is 17.7 Å². The standard InChI is InChI=1S/C19H17ClN2O3S2/c20-14-8-6-13(7-9-14)10-18(23)21-19-22(15-4-2-1-3-5-15)16-11-27(24,25)12-17(16)26-19/h1-9,16-17H,10-12H2. The summed E-state index contributed by atoms with van der Waals surface area (Å²) < 4.78 is 24.1. The van der Waals surface area contributed by atoms with Crippen molar-refractivity contribution in [1.82, 2.24) is 0 Å². The molecule has 2 aliphatic rings. The summed E-state index contributed by atoms with van der Waals surface area (Å²) in [6, 6.07) is 16.4. The van der Waals surface area contributed by atoms with Crippen molar-refractivity contribution >= 4 is 50.0 Å². The third kappa shape index (κ3) is 4.05. The predicted octanol–water partition coefficient (Wildman–Crippen LogP) is 3.18.